The molecular weight excluding hydrogens is 434 g/mol. The highest BCUT2D eigenvalue weighted by Gasteiger charge is 2.39. The summed E-state index contributed by atoms with van der Waals surface area (Å²) in [4.78, 5) is 36.6. The Morgan fingerprint density at radius 1 is 1.25 bits per heavy atom. The van der Waals surface area contributed by atoms with Crippen LogP contribution in [0, 0.1) is 10.1 Å². The summed E-state index contributed by atoms with van der Waals surface area (Å²) in [5.41, 5.74) is 7.46. The maximum Gasteiger partial charge on any atom is 0.336 e. The van der Waals surface area contributed by atoms with E-state index < -0.39 is 22.8 Å². The quantitative estimate of drug-likeness (QED) is 0.220. The molecule has 1 heterocycles. The predicted molar refractivity (Wildman–Crippen MR) is 123 cm³/mol. The Kier molecular flexibility index (Phi) is 9.73. The van der Waals surface area contributed by atoms with Crippen LogP contribution in [0.25, 0.3) is 0 Å². The fourth-order valence-electron chi connectivity index (χ4n) is 3.51. The Hall–Kier alpha value is -2.85. The van der Waals surface area contributed by atoms with Gasteiger partial charge in [0.05, 0.1) is 35.7 Å². The number of rotatable bonds is 11. The number of nitro groups is 1. The summed E-state index contributed by atoms with van der Waals surface area (Å²) in [5.74, 6) is -0.726. The predicted octanol–water partition coefficient (Wildman–Crippen LogP) is 3.02. The zero-order valence-corrected chi connectivity index (χ0v) is 19.3. The van der Waals surface area contributed by atoms with Crippen molar-refractivity contribution in [3.63, 3.8) is 0 Å². The van der Waals surface area contributed by atoms with Gasteiger partial charge in [-0.2, -0.15) is 11.8 Å². The number of unbranched alkanes of at least 4 members (excludes halogenated alkanes) is 1. The molecule has 174 valence electrons. The first kappa shape index (κ1) is 25.4. The normalized spacial score (nSPS) is 15.9. The molecule has 10 heteroatoms. The van der Waals surface area contributed by atoms with Gasteiger partial charge in [-0.05, 0) is 44.6 Å². The standard InChI is InChI=1S/C22H29N3O6S/c1-4-31-22(27)20-17(13-32-11-6-5-10-23)24-14(2)18(21(26)30-3)19(20)15-8-7-9-16(12-15)25(28)29/h7-9,12,19,24H,4-6,10-11,13,23H2,1-3H3. The van der Waals surface area contributed by atoms with Crippen LogP contribution in [-0.2, 0) is 19.1 Å². The Labute approximate surface area is 191 Å². The average molecular weight is 464 g/mol. The number of thioether (sulfide) groups is 1. The third-order valence-corrected chi connectivity index (χ3v) is 6.02. The van der Waals surface area contributed by atoms with Gasteiger partial charge in [0.1, 0.15) is 0 Å². The second kappa shape index (κ2) is 12.3. The van der Waals surface area contributed by atoms with E-state index in [0.29, 0.717) is 29.3 Å². The smallest absolute Gasteiger partial charge is 0.336 e. The number of nitrogens with two attached hydrogens (primary N) is 1. The monoisotopic (exact) mass is 463 g/mol. The molecule has 2 rings (SSSR count). The number of ether oxygens (including phenoxy) is 2. The number of carbonyl (C=O) groups is 2. The van der Waals surface area contributed by atoms with E-state index in [4.69, 9.17) is 15.2 Å². The summed E-state index contributed by atoms with van der Waals surface area (Å²) in [6.45, 7) is 4.18. The molecule has 32 heavy (non-hydrogen) atoms. The van der Waals surface area contributed by atoms with Gasteiger partial charge in [-0.25, -0.2) is 9.59 Å². The molecule has 1 aliphatic heterocycles. The van der Waals surface area contributed by atoms with Crippen LogP contribution in [0.2, 0.25) is 0 Å². The molecule has 9 nitrogen and oxygen atoms in total. The Balaban J connectivity index is 2.60. The number of carbonyl (C=O) groups excluding carboxylic acids is 2. The van der Waals surface area contributed by atoms with E-state index in [0.717, 1.165) is 18.6 Å². The van der Waals surface area contributed by atoms with Gasteiger partial charge in [0.25, 0.3) is 5.69 Å². The minimum atomic E-state index is -0.859. The molecule has 1 aromatic carbocycles. The Morgan fingerprint density at radius 3 is 2.62 bits per heavy atom. The number of non-ortho nitro benzene ring substituents is 1. The summed E-state index contributed by atoms with van der Waals surface area (Å²) >= 11 is 1.63. The molecule has 1 aromatic rings. The first-order chi connectivity index (χ1) is 15.3. The van der Waals surface area contributed by atoms with E-state index >= 15 is 0 Å². The summed E-state index contributed by atoms with van der Waals surface area (Å²) < 4.78 is 10.3. The molecule has 1 atom stereocenters. The fraction of sp³-hybridized carbons (Fsp3) is 0.455. The van der Waals surface area contributed by atoms with Crippen molar-refractivity contribution in [3.05, 3.63) is 62.5 Å². The molecule has 0 radical (unpaired) electrons. The number of esters is 2. The Bertz CT molecular complexity index is 928. The topological polar surface area (TPSA) is 134 Å². The molecule has 0 amide bonds. The largest absolute Gasteiger partial charge is 0.466 e. The molecule has 0 fully saturated rings. The maximum atomic E-state index is 13.1. The average Bonchev–Trinajstić information content (AvgIpc) is 2.78. The van der Waals surface area contributed by atoms with Crippen LogP contribution < -0.4 is 11.1 Å². The molecule has 1 aliphatic rings. The lowest BCUT2D eigenvalue weighted by molar-refractivity contribution is -0.384. The van der Waals surface area contributed by atoms with E-state index in [9.17, 15) is 19.7 Å². The number of benzene rings is 1. The number of nitrogens with zero attached hydrogens (tertiary/aromatic N) is 1. The highest BCUT2D eigenvalue weighted by Crippen LogP contribution is 2.40. The molecule has 0 saturated heterocycles. The van der Waals surface area contributed by atoms with Crippen molar-refractivity contribution in [3.8, 4) is 0 Å². The van der Waals surface area contributed by atoms with Gasteiger partial charge < -0.3 is 20.5 Å². The van der Waals surface area contributed by atoms with E-state index in [-0.39, 0.29) is 23.4 Å². The summed E-state index contributed by atoms with van der Waals surface area (Å²) in [6.07, 6.45) is 1.85. The van der Waals surface area contributed by atoms with Crippen molar-refractivity contribution in [1.29, 1.82) is 0 Å². The van der Waals surface area contributed by atoms with E-state index in [1.165, 1.54) is 25.3 Å². The van der Waals surface area contributed by atoms with Crippen molar-refractivity contribution in [2.24, 2.45) is 5.73 Å². The van der Waals surface area contributed by atoms with Crippen molar-refractivity contribution in [1.82, 2.24) is 5.32 Å². The highest BCUT2D eigenvalue weighted by atomic mass is 32.2. The third kappa shape index (κ3) is 6.10. The van der Waals surface area contributed by atoms with Gasteiger partial charge in [0.15, 0.2) is 0 Å². The molecule has 0 bridgehead atoms. The lowest BCUT2D eigenvalue weighted by atomic mass is 9.80. The number of dihydropyridines is 1. The van der Waals surface area contributed by atoms with Gasteiger partial charge in [-0.15, -0.1) is 0 Å². The van der Waals surface area contributed by atoms with Crippen LogP contribution in [0.4, 0.5) is 5.69 Å². The van der Waals surface area contributed by atoms with Crippen molar-refractivity contribution in [2.45, 2.75) is 32.6 Å². The van der Waals surface area contributed by atoms with Crippen LogP contribution in [0.3, 0.4) is 0 Å². The van der Waals surface area contributed by atoms with Crippen LogP contribution in [0.1, 0.15) is 38.2 Å². The number of methoxy groups -OCH3 is 1. The second-order valence-electron chi connectivity index (χ2n) is 7.10. The van der Waals surface area contributed by atoms with Crippen LogP contribution in [0.5, 0.6) is 0 Å². The number of allylic oxidation sites excluding steroid dienone is 1. The second-order valence-corrected chi connectivity index (χ2v) is 8.21. The van der Waals surface area contributed by atoms with Gasteiger partial charge >= 0.3 is 11.9 Å². The van der Waals surface area contributed by atoms with Crippen LogP contribution >= 0.6 is 11.8 Å². The van der Waals surface area contributed by atoms with Crippen LogP contribution in [0.15, 0.2) is 46.8 Å². The van der Waals surface area contributed by atoms with Gasteiger partial charge in [0.2, 0.25) is 0 Å². The van der Waals surface area contributed by atoms with Gasteiger partial charge in [-0.1, -0.05) is 12.1 Å². The molecular formula is C22H29N3O6S. The number of nitrogens with one attached hydrogen (secondary N) is 1. The minimum absolute atomic E-state index is 0.135. The lowest BCUT2D eigenvalue weighted by Crippen LogP contribution is -2.34. The minimum Gasteiger partial charge on any atom is -0.466 e. The molecule has 0 spiro atoms. The molecule has 3 N–H and O–H groups in total. The van der Waals surface area contributed by atoms with Gasteiger partial charge in [-0.3, -0.25) is 10.1 Å². The number of nitro benzene ring substituents is 1. The third-order valence-electron chi connectivity index (χ3n) is 4.95. The first-order valence-corrected chi connectivity index (χ1v) is 11.5. The first-order valence-electron chi connectivity index (χ1n) is 10.3. The zero-order chi connectivity index (χ0) is 23.7. The number of hydrogen-bond acceptors (Lipinski definition) is 9. The fourth-order valence-corrected chi connectivity index (χ4v) is 4.50. The summed E-state index contributed by atoms with van der Waals surface area (Å²) in [6, 6.07) is 5.92. The highest BCUT2D eigenvalue weighted by molar-refractivity contribution is 7.99. The lowest BCUT2D eigenvalue weighted by Gasteiger charge is -2.31. The maximum absolute atomic E-state index is 13.1. The molecule has 0 saturated carbocycles. The van der Waals surface area contributed by atoms with E-state index in [1.54, 1.807) is 31.7 Å². The van der Waals surface area contributed by atoms with E-state index in [2.05, 4.69) is 5.32 Å². The van der Waals surface area contributed by atoms with Crippen molar-refractivity contribution >= 4 is 29.4 Å². The SMILES string of the molecule is CCOC(=O)C1=C(CSCCCCN)NC(C)=C(C(=O)OC)C1c1cccc([N+](=O)[O-])c1. The molecule has 0 aliphatic carbocycles. The van der Waals surface area contributed by atoms with Crippen molar-refractivity contribution in [2.75, 3.05) is 31.8 Å². The zero-order valence-electron chi connectivity index (χ0n) is 18.5. The molecule has 1 unspecified atom stereocenters. The van der Waals surface area contributed by atoms with Gasteiger partial charge in [0, 0.05) is 29.3 Å². The van der Waals surface area contributed by atoms with Crippen LogP contribution in [-0.4, -0.2) is 48.6 Å². The van der Waals surface area contributed by atoms with E-state index in [1.807, 2.05) is 0 Å². The van der Waals surface area contributed by atoms with Crippen molar-refractivity contribution < 1.29 is 24.0 Å². The molecule has 0 aromatic heterocycles. The summed E-state index contributed by atoms with van der Waals surface area (Å²) in [5, 5.41) is 14.5. The summed E-state index contributed by atoms with van der Waals surface area (Å²) in [7, 11) is 1.25. The number of hydrogen-bond donors (Lipinski definition) is 2. The Morgan fingerprint density at radius 2 is 2.00 bits per heavy atom.